The lowest BCUT2D eigenvalue weighted by atomic mass is 10.1. The van der Waals surface area contributed by atoms with Crippen LogP contribution in [-0.4, -0.2) is 216 Å². The van der Waals surface area contributed by atoms with Gasteiger partial charge in [0, 0.05) is 145 Å². The molecule has 7 heterocycles. The number of aromatic nitrogens is 3. The van der Waals surface area contributed by atoms with Crippen LogP contribution in [0.2, 0.25) is 10.0 Å². The van der Waals surface area contributed by atoms with Gasteiger partial charge in [0.15, 0.2) is 0 Å². The van der Waals surface area contributed by atoms with Crippen LogP contribution >= 0.6 is 34.5 Å². The third-order valence-corrected chi connectivity index (χ3v) is 19.5. The van der Waals surface area contributed by atoms with E-state index in [9.17, 15) is 63.5 Å². The number of para-hydroxylation sites is 3. The van der Waals surface area contributed by atoms with Crippen molar-refractivity contribution in [2.45, 2.75) is 41.9 Å². The minimum atomic E-state index is -0.634. The minimum Gasteiger partial charge on any atom is -0.362 e. The summed E-state index contributed by atoms with van der Waals surface area (Å²) in [5.41, 5.74) is 0.573. The molecule has 3 saturated heterocycles. The summed E-state index contributed by atoms with van der Waals surface area (Å²) in [5, 5.41) is 40.7. The van der Waals surface area contributed by atoms with E-state index in [4.69, 9.17) is 23.2 Å². The Labute approximate surface area is 615 Å². The number of hydrogen-bond donors (Lipinski definition) is 0. The highest BCUT2D eigenvalue weighted by molar-refractivity contribution is 7.12. The number of halogens is 3. The normalized spacial score (nSPS) is 13.8. The molecule has 4 aromatic heterocycles. The van der Waals surface area contributed by atoms with Crippen LogP contribution < -0.4 is 31.4 Å². The summed E-state index contributed by atoms with van der Waals surface area (Å²) in [4.78, 5) is 130. The van der Waals surface area contributed by atoms with Crippen molar-refractivity contribution in [1.82, 2.24) is 43.1 Å². The molecule has 31 heteroatoms. The van der Waals surface area contributed by atoms with Gasteiger partial charge >= 0.3 is 33.7 Å². The van der Waals surface area contributed by atoms with Crippen LogP contribution in [0.5, 0.6) is 0 Å². The number of pyridine rings is 3. The van der Waals surface area contributed by atoms with Gasteiger partial charge in [-0.1, -0.05) is 106 Å². The average molecular weight is 1490 g/mol. The van der Waals surface area contributed by atoms with Crippen molar-refractivity contribution in [3.63, 3.8) is 0 Å². The maximum absolute atomic E-state index is 13.3. The second kappa shape index (κ2) is 35.8. The molecule has 0 radical (unpaired) electrons. The SMILES string of the molecule is C.C.C.CN(C)CCn1c(=O)c([N+](=O)[O-])c(N2CCN(C(=O)c3ccc(Cl)c(Cl)c3)CC2)c2ccccc21.CN(C)CCn1c(=O)c([N+](=O)[O-])c(N2CCN(C(=O)c3ccc(F)cc3)CC2)c2ccccc21.CN(C)CCn1c(=O)c([N+](=O)[O-])c(N2CCN(C(=O)c3cccs3)CC2)c2ccccc21. The van der Waals surface area contributed by atoms with Gasteiger partial charge in [0.2, 0.25) is 0 Å². The fourth-order valence-electron chi connectivity index (χ4n) is 12.7. The van der Waals surface area contributed by atoms with Crippen molar-refractivity contribution in [2.75, 3.05) is 155 Å². The molecule has 3 aliphatic rings. The van der Waals surface area contributed by atoms with E-state index in [0.29, 0.717) is 194 Å². The smallest absolute Gasteiger partial charge is 0.357 e. The zero-order valence-electron chi connectivity index (χ0n) is 56.6. The topological polar surface area (TPSA) is 276 Å². The number of anilines is 3. The van der Waals surface area contributed by atoms with Crippen molar-refractivity contribution >= 4 is 119 Å². The Morgan fingerprint density at radius 3 is 1.06 bits per heavy atom. The van der Waals surface area contributed by atoms with Gasteiger partial charge < -0.3 is 57.8 Å². The van der Waals surface area contributed by atoms with E-state index in [1.165, 1.54) is 55.4 Å². The number of thiophene rings is 1. The standard InChI is InChI=1S/C24H25Cl2N5O4.C24H26FN5O4.C22H25N5O4S.3CH4/c1-27(2)9-14-30-20-6-4-3-5-17(20)21(22(24(30)33)31(34)35)28-10-12-29(13-11-28)23(32)16-7-8-18(25)19(26)15-16;1-26(2)11-16-29-20-6-4-3-5-19(20)21(22(24(29)32)30(33)34)27-12-14-28(15-13-27)23(31)17-7-9-18(25)10-8-17;1-23(2)9-14-26-17-7-4-3-6-16(17)19(20(22(26)29)27(30)31)24-10-12-25(13-11-24)21(28)18-8-5-15-32-18;;;/h3-8,15H,9-14H2,1-2H3;3-10H,11-16H2,1-2H3;3-8,15H,9-14H2,1-2H3;3*1H4. The molecule has 0 N–H and O–H groups in total. The third kappa shape index (κ3) is 17.9. The zero-order valence-corrected chi connectivity index (χ0v) is 58.9. The van der Waals surface area contributed by atoms with E-state index in [0.717, 1.165) is 0 Å². The molecule has 9 aromatic rings. The van der Waals surface area contributed by atoms with Crippen molar-refractivity contribution in [3.05, 3.63) is 226 Å². The molecule has 0 unspecified atom stereocenters. The number of carbonyl (C=O) groups is 3. The zero-order chi connectivity index (χ0) is 72.5. The number of benzene rings is 5. The Morgan fingerprint density at radius 2 is 0.750 bits per heavy atom. The largest absolute Gasteiger partial charge is 0.362 e. The molecule has 12 rings (SSSR count). The Morgan fingerprint density at radius 1 is 0.433 bits per heavy atom. The number of likely N-dealkylation sites (N-methyl/N-ethyl adjacent to an activating group) is 3. The van der Waals surface area contributed by atoms with E-state index in [2.05, 4.69) is 0 Å². The number of rotatable bonds is 18. The molecule has 0 saturated carbocycles. The van der Waals surface area contributed by atoms with Crippen molar-refractivity contribution in [3.8, 4) is 0 Å². The summed E-state index contributed by atoms with van der Waals surface area (Å²) >= 11 is 13.4. The van der Waals surface area contributed by atoms with Gasteiger partial charge in [0.05, 0.1) is 46.2 Å². The molecule has 554 valence electrons. The summed E-state index contributed by atoms with van der Waals surface area (Å²) in [6.45, 7) is 7.13. The van der Waals surface area contributed by atoms with E-state index >= 15 is 0 Å². The number of hydrogen-bond acceptors (Lipinski definition) is 19. The van der Waals surface area contributed by atoms with E-state index in [1.807, 2.05) is 126 Å². The molecule has 5 aromatic carbocycles. The highest BCUT2D eigenvalue weighted by atomic mass is 35.5. The molecule has 0 bridgehead atoms. The number of piperazine rings is 3. The average Bonchev–Trinajstić information content (AvgIpc) is 0.802. The van der Waals surface area contributed by atoms with Crippen molar-refractivity contribution < 1.29 is 33.5 Å². The van der Waals surface area contributed by atoms with Gasteiger partial charge in [0.1, 0.15) is 22.9 Å². The van der Waals surface area contributed by atoms with Crippen LogP contribution in [0.25, 0.3) is 32.7 Å². The first-order valence-electron chi connectivity index (χ1n) is 32.6. The molecule has 0 atom stereocenters. The quantitative estimate of drug-likeness (QED) is 0.0570. The maximum Gasteiger partial charge on any atom is 0.357 e. The molecule has 0 aliphatic carbocycles. The van der Waals surface area contributed by atoms with Crippen LogP contribution in [-0.2, 0) is 19.6 Å². The van der Waals surface area contributed by atoms with E-state index in [1.54, 1.807) is 63.2 Å². The van der Waals surface area contributed by atoms with Gasteiger partial charge in [0.25, 0.3) is 17.7 Å². The van der Waals surface area contributed by atoms with Crippen LogP contribution in [0.15, 0.2) is 147 Å². The number of fused-ring (bicyclic) bond motifs is 3. The first-order valence-corrected chi connectivity index (χ1v) is 34.2. The molecule has 3 amide bonds. The number of nitro groups is 3. The van der Waals surface area contributed by atoms with Gasteiger partial charge in [-0.05, 0) is 114 Å². The first-order chi connectivity index (χ1) is 48.3. The lowest BCUT2D eigenvalue weighted by Crippen LogP contribution is -2.49. The lowest BCUT2D eigenvalue weighted by Gasteiger charge is -2.36. The molecule has 104 heavy (non-hydrogen) atoms. The van der Waals surface area contributed by atoms with Gasteiger partial charge in [-0.2, -0.15) is 0 Å². The highest BCUT2D eigenvalue weighted by Crippen LogP contribution is 2.38. The lowest BCUT2D eigenvalue weighted by molar-refractivity contribution is -0.385. The second-order valence-electron chi connectivity index (χ2n) is 25.1. The fraction of sp³-hybridized carbons (Fsp3) is 0.370. The third-order valence-electron chi connectivity index (χ3n) is 17.9. The van der Waals surface area contributed by atoms with Crippen LogP contribution in [0.3, 0.4) is 0 Å². The second-order valence-corrected chi connectivity index (χ2v) is 26.9. The maximum atomic E-state index is 13.3. The molecule has 3 fully saturated rings. The molecular formula is C73H88Cl2FN15O12S. The van der Waals surface area contributed by atoms with Gasteiger partial charge in [-0.3, -0.25) is 59.1 Å². The Bertz CT molecular complexity index is 4780. The molecule has 27 nitrogen and oxygen atoms in total. The Balaban J connectivity index is 0.000000215. The first kappa shape index (κ1) is 81.1. The minimum absolute atomic E-state index is 0. The van der Waals surface area contributed by atoms with Crippen LogP contribution in [0.1, 0.15) is 52.7 Å². The number of carbonyl (C=O) groups excluding carboxylic acids is 3. The van der Waals surface area contributed by atoms with E-state index in [-0.39, 0.29) is 40.0 Å². The summed E-state index contributed by atoms with van der Waals surface area (Å²) in [7, 11) is 11.3. The predicted octanol–water partition coefficient (Wildman–Crippen LogP) is 10.7. The monoisotopic (exact) mass is 1490 g/mol. The highest BCUT2D eigenvalue weighted by Gasteiger charge is 2.36. The molecule has 3 aliphatic heterocycles. The summed E-state index contributed by atoms with van der Waals surface area (Å²) < 4.78 is 17.6. The number of nitrogens with zero attached hydrogens (tertiary/aromatic N) is 15. The summed E-state index contributed by atoms with van der Waals surface area (Å²) in [6.07, 6.45) is 0. The molecular weight excluding hydrogens is 1400 g/mol. The van der Waals surface area contributed by atoms with E-state index < -0.39 is 54.3 Å². The molecule has 0 spiro atoms. The Hall–Kier alpha value is -10.2. The van der Waals surface area contributed by atoms with Gasteiger partial charge in [-0.25, -0.2) is 4.39 Å². The van der Waals surface area contributed by atoms with Crippen LogP contribution in [0, 0.1) is 36.2 Å². The predicted molar refractivity (Wildman–Crippen MR) is 412 cm³/mol. The van der Waals surface area contributed by atoms with Crippen molar-refractivity contribution in [1.29, 1.82) is 0 Å². The van der Waals surface area contributed by atoms with Gasteiger partial charge in [-0.15, -0.1) is 11.3 Å². The van der Waals surface area contributed by atoms with Crippen LogP contribution in [0.4, 0.5) is 38.5 Å². The Kier molecular flexibility index (Phi) is 27.9. The summed E-state index contributed by atoms with van der Waals surface area (Å²) in [5.74, 6) is -0.862. The summed E-state index contributed by atoms with van der Waals surface area (Å²) in [6, 6.07) is 35.5. The van der Waals surface area contributed by atoms with Crippen molar-refractivity contribution in [2.24, 2.45) is 0 Å². The fourth-order valence-corrected chi connectivity index (χ4v) is 13.7. The number of amides is 3.